The number of nitrogens with zero attached hydrogens (tertiary/aromatic N) is 3. The second-order valence-electron chi connectivity index (χ2n) is 5.95. The first-order valence-corrected chi connectivity index (χ1v) is 7.57. The minimum atomic E-state index is -0.219. The molecule has 1 fully saturated rings. The molecule has 0 amide bonds. The van der Waals surface area contributed by atoms with Crippen molar-refractivity contribution in [2.45, 2.75) is 19.3 Å². The number of hydrogen-bond acceptors (Lipinski definition) is 6. The van der Waals surface area contributed by atoms with Crippen molar-refractivity contribution in [2.75, 3.05) is 23.7 Å². The molecule has 118 valence electrons. The summed E-state index contributed by atoms with van der Waals surface area (Å²) in [4.78, 5) is 24.9. The Bertz CT molecular complexity index is 930. The summed E-state index contributed by atoms with van der Waals surface area (Å²) in [5.41, 5.74) is 8.93. The van der Waals surface area contributed by atoms with Gasteiger partial charge in [0.25, 0.3) is 11.6 Å². The zero-order valence-electron chi connectivity index (χ0n) is 12.7. The Hall–Kier alpha value is -2.83. The fourth-order valence-corrected chi connectivity index (χ4v) is 3.04. The highest BCUT2D eigenvalue weighted by molar-refractivity contribution is 5.75. The number of rotatable bonds is 2. The van der Waals surface area contributed by atoms with Crippen LogP contribution in [0.3, 0.4) is 0 Å². The van der Waals surface area contributed by atoms with E-state index in [1.165, 1.54) is 6.07 Å². The minimum Gasteiger partial charge on any atom is -0.423 e. The molecule has 23 heavy (non-hydrogen) atoms. The topological polar surface area (TPSA) is 101 Å². The molecule has 0 aliphatic carbocycles. The molecule has 7 heteroatoms. The minimum absolute atomic E-state index is 0.149. The lowest BCUT2D eigenvalue weighted by Crippen LogP contribution is -2.20. The largest absolute Gasteiger partial charge is 0.423 e. The number of anilines is 2. The van der Waals surface area contributed by atoms with Gasteiger partial charge >= 0.3 is 0 Å². The van der Waals surface area contributed by atoms with Crippen LogP contribution in [0.5, 0.6) is 0 Å². The maximum absolute atomic E-state index is 11.5. The summed E-state index contributed by atoms with van der Waals surface area (Å²) in [6.07, 6.45) is 0.883. The van der Waals surface area contributed by atoms with E-state index in [1.807, 2.05) is 25.1 Å². The molecule has 3 heterocycles. The van der Waals surface area contributed by atoms with E-state index in [0.29, 0.717) is 12.6 Å². The first-order chi connectivity index (χ1) is 11.1. The number of nitrogens with two attached hydrogens (primary N) is 1. The lowest BCUT2D eigenvalue weighted by atomic mass is 10.1. The zero-order valence-corrected chi connectivity index (χ0v) is 12.7. The van der Waals surface area contributed by atoms with Crippen LogP contribution in [0.25, 0.3) is 11.1 Å². The molecule has 1 unspecified atom stereocenters. The normalized spacial score (nSPS) is 18.0. The SMILES string of the molecule is Cc1ccc2oc(N3CCC(c4cc(=O)[nH]c(N)n4)C3)nc2c1. The van der Waals surface area contributed by atoms with E-state index in [-0.39, 0.29) is 17.4 Å². The average Bonchev–Trinajstić information content (AvgIpc) is 3.12. The van der Waals surface area contributed by atoms with Crippen LogP contribution in [0, 0.1) is 6.92 Å². The van der Waals surface area contributed by atoms with Gasteiger partial charge in [-0.3, -0.25) is 9.78 Å². The van der Waals surface area contributed by atoms with Crippen molar-refractivity contribution in [1.82, 2.24) is 15.0 Å². The summed E-state index contributed by atoms with van der Waals surface area (Å²) in [6.45, 7) is 3.55. The number of aryl methyl sites for hydroxylation is 1. The van der Waals surface area contributed by atoms with Gasteiger partial charge < -0.3 is 15.1 Å². The third-order valence-electron chi connectivity index (χ3n) is 4.19. The van der Waals surface area contributed by atoms with Gasteiger partial charge in [0.1, 0.15) is 5.52 Å². The molecule has 3 aromatic rings. The number of aromatic amines is 1. The van der Waals surface area contributed by atoms with Gasteiger partial charge in [0.15, 0.2) is 5.58 Å². The van der Waals surface area contributed by atoms with Gasteiger partial charge in [0.2, 0.25) is 5.95 Å². The molecule has 0 radical (unpaired) electrons. The lowest BCUT2D eigenvalue weighted by molar-refractivity contribution is 0.583. The fourth-order valence-electron chi connectivity index (χ4n) is 3.04. The summed E-state index contributed by atoms with van der Waals surface area (Å²) < 4.78 is 5.84. The number of nitrogens with one attached hydrogen (secondary N) is 1. The number of fused-ring (bicyclic) bond motifs is 1. The van der Waals surface area contributed by atoms with Gasteiger partial charge in [-0.1, -0.05) is 6.07 Å². The second-order valence-corrected chi connectivity index (χ2v) is 5.95. The van der Waals surface area contributed by atoms with Gasteiger partial charge in [0.05, 0.1) is 5.69 Å². The van der Waals surface area contributed by atoms with Crippen LogP contribution in [-0.2, 0) is 0 Å². The highest BCUT2D eigenvalue weighted by Gasteiger charge is 2.28. The van der Waals surface area contributed by atoms with Crippen molar-refractivity contribution in [2.24, 2.45) is 0 Å². The molecule has 1 aliphatic heterocycles. The van der Waals surface area contributed by atoms with E-state index < -0.39 is 0 Å². The fraction of sp³-hybridized carbons (Fsp3) is 0.312. The maximum Gasteiger partial charge on any atom is 0.298 e. The highest BCUT2D eigenvalue weighted by atomic mass is 16.4. The first-order valence-electron chi connectivity index (χ1n) is 7.57. The third-order valence-corrected chi connectivity index (χ3v) is 4.19. The van der Waals surface area contributed by atoms with Crippen LogP contribution < -0.4 is 16.2 Å². The van der Waals surface area contributed by atoms with Crippen molar-refractivity contribution >= 4 is 23.1 Å². The van der Waals surface area contributed by atoms with Crippen LogP contribution in [-0.4, -0.2) is 28.0 Å². The van der Waals surface area contributed by atoms with Crippen LogP contribution in [0.15, 0.2) is 33.5 Å². The molecular formula is C16H17N5O2. The summed E-state index contributed by atoms with van der Waals surface area (Å²) in [6, 6.07) is 8.08. The zero-order chi connectivity index (χ0) is 16.0. The van der Waals surface area contributed by atoms with Crippen LogP contribution in [0.4, 0.5) is 12.0 Å². The maximum atomic E-state index is 11.5. The molecule has 0 bridgehead atoms. The Balaban J connectivity index is 1.60. The first kappa shape index (κ1) is 13.8. The third kappa shape index (κ3) is 2.54. The van der Waals surface area contributed by atoms with Crippen molar-refractivity contribution in [1.29, 1.82) is 0 Å². The van der Waals surface area contributed by atoms with Crippen molar-refractivity contribution < 1.29 is 4.42 Å². The summed E-state index contributed by atoms with van der Waals surface area (Å²) in [7, 11) is 0. The Morgan fingerprint density at radius 3 is 3.04 bits per heavy atom. The number of oxazole rings is 1. The number of aromatic nitrogens is 3. The van der Waals surface area contributed by atoms with E-state index in [0.717, 1.165) is 35.3 Å². The van der Waals surface area contributed by atoms with E-state index in [1.54, 1.807) is 0 Å². The molecule has 1 atom stereocenters. The molecule has 3 N–H and O–H groups in total. The van der Waals surface area contributed by atoms with Gasteiger partial charge in [-0.05, 0) is 31.0 Å². The Kier molecular flexibility index (Phi) is 3.07. The highest BCUT2D eigenvalue weighted by Crippen LogP contribution is 2.31. The smallest absolute Gasteiger partial charge is 0.298 e. The predicted octanol–water partition coefficient (Wildman–Crippen LogP) is 1.80. The average molecular weight is 311 g/mol. The predicted molar refractivity (Wildman–Crippen MR) is 87.6 cm³/mol. The Labute approximate surface area is 132 Å². The van der Waals surface area contributed by atoms with Crippen molar-refractivity contribution in [3.63, 3.8) is 0 Å². The number of nitrogen functional groups attached to an aromatic ring is 1. The quantitative estimate of drug-likeness (QED) is 0.748. The van der Waals surface area contributed by atoms with Crippen LogP contribution in [0.1, 0.15) is 23.6 Å². The van der Waals surface area contributed by atoms with E-state index >= 15 is 0 Å². The molecular weight excluding hydrogens is 294 g/mol. The van der Waals surface area contributed by atoms with Gasteiger partial charge in [-0.15, -0.1) is 0 Å². The second kappa shape index (κ2) is 5.12. The Morgan fingerprint density at radius 2 is 2.22 bits per heavy atom. The van der Waals surface area contributed by atoms with Crippen molar-refractivity contribution in [3.8, 4) is 0 Å². The summed E-state index contributed by atoms with van der Waals surface area (Å²) in [5, 5.41) is 0. The van der Waals surface area contributed by atoms with Crippen LogP contribution >= 0.6 is 0 Å². The standard InChI is InChI=1S/C16H17N5O2/c1-9-2-3-13-12(6-9)19-16(23-13)21-5-4-10(8-21)11-7-14(22)20-15(17)18-11/h2-3,6-7,10H,4-5,8H2,1H3,(H3,17,18,20,22). The molecule has 1 aromatic carbocycles. The lowest BCUT2D eigenvalue weighted by Gasteiger charge is -2.13. The Morgan fingerprint density at radius 1 is 1.35 bits per heavy atom. The molecule has 1 aliphatic rings. The molecule has 2 aromatic heterocycles. The van der Waals surface area contributed by atoms with Gasteiger partial charge in [-0.2, -0.15) is 4.98 Å². The molecule has 0 spiro atoms. The van der Waals surface area contributed by atoms with E-state index in [4.69, 9.17) is 10.2 Å². The van der Waals surface area contributed by atoms with Gasteiger partial charge in [-0.25, -0.2) is 4.98 Å². The van der Waals surface area contributed by atoms with Crippen molar-refractivity contribution in [3.05, 3.63) is 45.9 Å². The molecule has 0 saturated carbocycles. The molecule has 7 nitrogen and oxygen atoms in total. The summed E-state index contributed by atoms with van der Waals surface area (Å²) >= 11 is 0. The molecule has 1 saturated heterocycles. The summed E-state index contributed by atoms with van der Waals surface area (Å²) in [5.74, 6) is 0.305. The van der Waals surface area contributed by atoms with Gasteiger partial charge in [0, 0.05) is 25.1 Å². The van der Waals surface area contributed by atoms with Crippen LogP contribution in [0.2, 0.25) is 0 Å². The molecule has 4 rings (SSSR count). The monoisotopic (exact) mass is 311 g/mol. The number of benzene rings is 1. The number of H-pyrrole nitrogens is 1. The van der Waals surface area contributed by atoms with E-state index in [2.05, 4.69) is 19.9 Å². The number of hydrogen-bond donors (Lipinski definition) is 2. The van der Waals surface area contributed by atoms with E-state index in [9.17, 15) is 4.79 Å².